The van der Waals surface area contributed by atoms with Crippen molar-refractivity contribution in [1.29, 1.82) is 0 Å². The van der Waals surface area contributed by atoms with E-state index >= 15 is 0 Å². The lowest BCUT2D eigenvalue weighted by atomic mass is 9.71. The van der Waals surface area contributed by atoms with Crippen molar-refractivity contribution in [3.63, 3.8) is 0 Å². The topological polar surface area (TPSA) is 29.5 Å². The average molecular weight is 303 g/mol. The summed E-state index contributed by atoms with van der Waals surface area (Å²) in [5.74, 6) is 0.431. The van der Waals surface area contributed by atoms with Gasteiger partial charge in [0.2, 0.25) is 0 Å². The van der Waals surface area contributed by atoms with E-state index in [-0.39, 0.29) is 11.9 Å². The molecule has 5 atom stereocenters. The predicted octanol–water partition coefficient (Wildman–Crippen LogP) is 3.10. The predicted molar refractivity (Wildman–Crippen MR) is 84.2 cm³/mol. The number of methoxy groups -OCH3 is 1. The molecule has 21 heavy (non-hydrogen) atoms. The van der Waals surface area contributed by atoms with Crippen LogP contribution < -0.4 is 0 Å². The van der Waals surface area contributed by atoms with Gasteiger partial charge in [-0.1, -0.05) is 5.57 Å². The second-order valence-electron chi connectivity index (χ2n) is 6.53. The van der Waals surface area contributed by atoms with E-state index in [0.29, 0.717) is 18.0 Å². The van der Waals surface area contributed by atoms with Crippen molar-refractivity contribution in [1.82, 2.24) is 4.90 Å². The number of hydrogen-bond donors (Lipinski definition) is 0. The van der Waals surface area contributed by atoms with Crippen LogP contribution in [0.4, 0.5) is 0 Å². The van der Waals surface area contributed by atoms with Gasteiger partial charge in [-0.2, -0.15) is 0 Å². The first-order valence-electron chi connectivity index (χ1n) is 7.78. The van der Waals surface area contributed by atoms with E-state index in [2.05, 4.69) is 30.0 Å². The van der Waals surface area contributed by atoms with Gasteiger partial charge in [0.05, 0.1) is 13.0 Å². The molecule has 0 N–H and O–H groups in total. The lowest BCUT2D eigenvalue weighted by Gasteiger charge is -2.50. The third kappa shape index (κ3) is 2.08. The highest BCUT2D eigenvalue weighted by molar-refractivity contribution is 7.12. The summed E-state index contributed by atoms with van der Waals surface area (Å²) >= 11 is 1.83. The Morgan fingerprint density at radius 1 is 1.43 bits per heavy atom. The summed E-state index contributed by atoms with van der Waals surface area (Å²) in [4.78, 5) is 17.5. The molecule has 4 saturated heterocycles. The Morgan fingerprint density at radius 3 is 3.00 bits per heavy atom. The lowest BCUT2D eigenvalue weighted by molar-refractivity contribution is -0.153. The fraction of sp³-hybridized carbons (Fsp3) is 0.588. The molecule has 3 nitrogen and oxygen atoms in total. The second-order valence-corrected chi connectivity index (χ2v) is 7.85. The minimum Gasteiger partial charge on any atom is -0.469 e. The molecule has 0 saturated carbocycles. The maximum atomic E-state index is 12.3. The number of carbonyl (C=O) groups is 1. The van der Waals surface area contributed by atoms with Crippen LogP contribution >= 0.6 is 11.3 Å². The number of hydrogen-bond acceptors (Lipinski definition) is 4. The molecule has 4 aliphatic heterocycles. The fourth-order valence-corrected chi connectivity index (χ4v) is 5.45. The van der Waals surface area contributed by atoms with Crippen molar-refractivity contribution < 1.29 is 9.53 Å². The standard InChI is InChI=1S/C17H21NO2S/c1-10-3-5-13(21-10)7-11-9-18-12-4-6-15(18)16(14(11)8-12)17(19)20-2/h3,5,7,12,14-16H,4,6,8-9H2,1-2H3/b11-7+. The molecule has 1 aromatic heterocycles. The number of thiophene rings is 1. The molecule has 0 amide bonds. The molecule has 5 heterocycles. The fourth-order valence-electron chi connectivity index (χ4n) is 4.59. The Kier molecular flexibility index (Phi) is 3.19. The molecule has 0 radical (unpaired) electrons. The van der Waals surface area contributed by atoms with E-state index in [4.69, 9.17) is 4.74 Å². The minimum atomic E-state index is -0.0108. The van der Waals surface area contributed by atoms with Crippen molar-refractivity contribution >= 4 is 23.4 Å². The molecule has 4 fully saturated rings. The van der Waals surface area contributed by atoms with Gasteiger partial charge < -0.3 is 4.74 Å². The number of carbonyl (C=O) groups excluding carboxylic acids is 1. The minimum absolute atomic E-state index is 0.0108. The van der Waals surface area contributed by atoms with Crippen molar-refractivity contribution in [2.24, 2.45) is 11.8 Å². The number of rotatable bonds is 2. The maximum absolute atomic E-state index is 12.3. The number of piperidine rings is 3. The van der Waals surface area contributed by atoms with Gasteiger partial charge in [-0.25, -0.2) is 0 Å². The molecule has 0 spiro atoms. The number of fused-ring (bicyclic) bond motifs is 1. The molecular weight excluding hydrogens is 282 g/mol. The summed E-state index contributed by atoms with van der Waals surface area (Å²) in [7, 11) is 1.53. The zero-order chi connectivity index (χ0) is 14.6. The first kappa shape index (κ1) is 13.5. The Hall–Kier alpha value is -1.13. The monoisotopic (exact) mass is 303 g/mol. The molecule has 112 valence electrons. The van der Waals surface area contributed by atoms with E-state index in [0.717, 1.165) is 19.4 Å². The highest BCUT2D eigenvalue weighted by Gasteiger charge is 2.55. The van der Waals surface area contributed by atoms with Gasteiger partial charge in [0.1, 0.15) is 0 Å². The molecule has 4 aliphatic rings. The van der Waals surface area contributed by atoms with Crippen LogP contribution in [0.3, 0.4) is 0 Å². The van der Waals surface area contributed by atoms with Crippen LogP contribution in [0, 0.1) is 18.8 Å². The summed E-state index contributed by atoms with van der Waals surface area (Å²) in [6, 6.07) is 5.47. The van der Waals surface area contributed by atoms with Crippen LogP contribution in [0.25, 0.3) is 6.08 Å². The molecule has 1 aromatic rings. The van der Waals surface area contributed by atoms with Gasteiger partial charge in [0, 0.05) is 28.4 Å². The van der Waals surface area contributed by atoms with Gasteiger partial charge in [0.15, 0.2) is 0 Å². The van der Waals surface area contributed by atoms with Crippen LogP contribution in [0.15, 0.2) is 17.7 Å². The van der Waals surface area contributed by atoms with Gasteiger partial charge >= 0.3 is 5.97 Å². The zero-order valence-corrected chi connectivity index (χ0v) is 13.4. The van der Waals surface area contributed by atoms with Crippen LogP contribution in [-0.2, 0) is 9.53 Å². The Labute approximate surface area is 129 Å². The molecule has 4 bridgehead atoms. The lowest BCUT2D eigenvalue weighted by Crippen LogP contribution is -2.58. The van der Waals surface area contributed by atoms with Crippen LogP contribution in [0.5, 0.6) is 0 Å². The Bertz CT molecular complexity index is 606. The van der Waals surface area contributed by atoms with Crippen molar-refractivity contribution in [2.45, 2.75) is 38.3 Å². The van der Waals surface area contributed by atoms with Crippen LogP contribution in [0.1, 0.15) is 29.0 Å². The van der Waals surface area contributed by atoms with Crippen molar-refractivity contribution in [2.75, 3.05) is 13.7 Å². The summed E-state index contributed by atoms with van der Waals surface area (Å²) in [5, 5.41) is 0. The second kappa shape index (κ2) is 4.96. The first-order chi connectivity index (χ1) is 10.2. The van der Waals surface area contributed by atoms with Crippen molar-refractivity contribution in [3.8, 4) is 0 Å². The number of ether oxygens (including phenoxy) is 1. The van der Waals surface area contributed by atoms with Gasteiger partial charge in [-0.15, -0.1) is 11.3 Å². The molecule has 0 aromatic carbocycles. The summed E-state index contributed by atoms with van der Waals surface area (Å²) in [6.07, 6.45) is 5.86. The van der Waals surface area contributed by atoms with Gasteiger partial charge in [0.25, 0.3) is 0 Å². The van der Waals surface area contributed by atoms with Gasteiger partial charge in [-0.05, 0) is 50.3 Å². The van der Waals surface area contributed by atoms with E-state index in [1.807, 2.05) is 11.3 Å². The molecule has 4 heteroatoms. The molecule has 5 unspecified atom stereocenters. The van der Waals surface area contributed by atoms with E-state index in [1.54, 1.807) is 0 Å². The van der Waals surface area contributed by atoms with E-state index in [9.17, 15) is 4.79 Å². The highest BCUT2D eigenvalue weighted by atomic mass is 32.1. The third-order valence-corrected chi connectivity index (χ3v) is 6.42. The number of aryl methyl sites for hydroxylation is 1. The number of esters is 1. The molecular formula is C17H21NO2S. The summed E-state index contributed by atoms with van der Waals surface area (Å²) in [5.41, 5.74) is 1.43. The number of nitrogens with zero attached hydrogens (tertiary/aromatic N) is 1. The Balaban J connectivity index is 1.69. The highest BCUT2D eigenvalue weighted by Crippen LogP contribution is 2.51. The SMILES string of the molecule is COC(=O)C1C2CC3CCC1N3C/C2=C\c1ccc(C)s1. The first-order valence-corrected chi connectivity index (χ1v) is 8.59. The summed E-state index contributed by atoms with van der Waals surface area (Å²) in [6.45, 7) is 3.19. The zero-order valence-electron chi connectivity index (χ0n) is 12.5. The van der Waals surface area contributed by atoms with E-state index in [1.165, 1.54) is 28.9 Å². The van der Waals surface area contributed by atoms with Crippen LogP contribution in [-0.4, -0.2) is 36.6 Å². The molecule has 5 rings (SSSR count). The normalized spacial score (nSPS) is 39.0. The summed E-state index contributed by atoms with van der Waals surface area (Å²) < 4.78 is 5.11. The maximum Gasteiger partial charge on any atom is 0.310 e. The smallest absolute Gasteiger partial charge is 0.310 e. The van der Waals surface area contributed by atoms with Crippen molar-refractivity contribution in [3.05, 3.63) is 27.5 Å². The quantitative estimate of drug-likeness (QED) is 0.786. The third-order valence-electron chi connectivity index (χ3n) is 5.47. The Morgan fingerprint density at radius 2 is 2.29 bits per heavy atom. The largest absolute Gasteiger partial charge is 0.469 e. The van der Waals surface area contributed by atoms with Gasteiger partial charge in [-0.3, -0.25) is 9.69 Å². The van der Waals surface area contributed by atoms with Crippen LogP contribution in [0.2, 0.25) is 0 Å². The average Bonchev–Trinajstić information content (AvgIpc) is 3.02. The van der Waals surface area contributed by atoms with E-state index < -0.39 is 0 Å². The molecule has 0 aliphatic carbocycles.